The van der Waals surface area contributed by atoms with Gasteiger partial charge in [0.05, 0.1) is 13.2 Å². The van der Waals surface area contributed by atoms with Crippen molar-refractivity contribution >= 4 is 0 Å². The molecule has 0 amide bonds. The summed E-state index contributed by atoms with van der Waals surface area (Å²) >= 11 is 0. The molecule has 1 saturated carbocycles. The lowest BCUT2D eigenvalue weighted by Crippen LogP contribution is -2.39. The molecule has 0 spiro atoms. The zero-order valence-electron chi connectivity index (χ0n) is 13.7. The number of nitrogens with one attached hydrogen (secondary N) is 1. The minimum absolute atomic E-state index is 0.665. The molecule has 0 bridgehead atoms. The highest BCUT2D eigenvalue weighted by atomic mass is 16.5. The highest BCUT2D eigenvalue weighted by Crippen LogP contribution is 2.40. The van der Waals surface area contributed by atoms with Crippen LogP contribution in [0, 0.1) is 0 Å². The second-order valence-corrected chi connectivity index (χ2v) is 5.83. The first-order valence-electron chi connectivity index (χ1n) is 8.41. The van der Waals surface area contributed by atoms with Crippen molar-refractivity contribution in [1.82, 2.24) is 5.32 Å². The van der Waals surface area contributed by atoms with Crippen LogP contribution in [0.1, 0.15) is 57.9 Å². The normalized spacial score (nSPS) is 20.9. The Bertz CT molecular complexity index is 427. The van der Waals surface area contributed by atoms with E-state index in [1.54, 1.807) is 0 Å². The van der Waals surface area contributed by atoms with E-state index in [2.05, 4.69) is 44.3 Å². The Morgan fingerprint density at radius 1 is 1.00 bits per heavy atom. The highest BCUT2D eigenvalue weighted by Gasteiger charge is 2.30. The Morgan fingerprint density at radius 3 is 2.29 bits per heavy atom. The van der Waals surface area contributed by atoms with Gasteiger partial charge in [0, 0.05) is 6.04 Å². The summed E-state index contributed by atoms with van der Waals surface area (Å²) in [6.45, 7) is 8.97. The van der Waals surface area contributed by atoms with Gasteiger partial charge in [0.1, 0.15) is 0 Å². The standard InChI is InChI=1S/C18H29NO2/c1-4-9-20-17-8-7-14(13-18(17)21-10-5-2)15-11-16(12-15)19-6-3/h7-8,13,15-16,19H,4-6,9-12H2,1-3H3. The Kier molecular flexibility index (Phi) is 6.37. The van der Waals surface area contributed by atoms with E-state index in [1.807, 2.05) is 0 Å². The van der Waals surface area contributed by atoms with Gasteiger partial charge in [0.25, 0.3) is 0 Å². The zero-order valence-corrected chi connectivity index (χ0v) is 13.7. The Morgan fingerprint density at radius 2 is 1.67 bits per heavy atom. The Labute approximate surface area is 129 Å². The van der Waals surface area contributed by atoms with Crippen molar-refractivity contribution in [3.63, 3.8) is 0 Å². The summed E-state index contributed by atoms with van der Waals surface area (Å²) in [5, 5.41) is 3.51. The van der Waals surface area contributed by atoms with E-state index in [0.29, 0.717) is 12.0 Å². The third-order valence-electron chi connectivity index (χ3n) is 3.99. The van der Waals surface area contributed by atoms with E-state index < -0.39 is 0 Å². The maximum Gasteiger partial charge on any atom is 0.161 e. The van der Waals surface area contributed by atoms with E-state index in [0.717, 1.165) is 44.1 Å². The molecule has 1 aliphatic rings. The molecule has 0 heterocycles. The summed E-state index contributed by atoms with van der Waals surface area (Å²) in [7, 11) is 0. The fourth-order valence-electron chi connectivity index (χ4n) is 2.78. The monoisotopic (exact) mass is 291 g/mol. The lowest BCUT2D eigenvalue weighted by Gasteiger charge is -2.36. The molecule has 3 nitrogen and oxygen atoms in total. The summed E-state index contributed by atoms with van der Waals surface area (Å²) in [6, 6.07) is 7.16. The number of benzene rings is 1. The molecule has 0 aromatic heterocycles. The molecule has 0 atom stereocenters. The molecular weight excluding hydrogens is 262 g/mol. The number of rotatable bonds is 9. The molecule has 1 N–H and O–H groups in total. The molecule has 0 radical (unpaired) electrons. The maximum absolute atomic E-state index is 5.88. The summed E-state index contributed by atoms with van der Waals surface area (Å²) in [4.78, 5) is 0. The minimum atomic E-state index is 0.665. The smallest absolute Gasteiger partial charge is 0.161 e. The molecule has 1 fully saturated rings. The van der Waals surface area contributed by atoms with Crippen molar-refractivity contribution in [1.29, 1.82) is 0 Å². The third-order valence-corrected chi connectivity index (χ3v) is 3.99. The molecule has 21 heavy (non-hydrogen) atoms. The minimum Gasteiger partial charge on any atom is -0.490 e. The van der Waals surface area contributed by atoms with Crippen LogP contribution in [0.25, 0.3) is 0 Å². The SMILES string of the molecule is CCCOc1ccc(C2CC(NCC)C2)cc1OCCC. The molecule has 1 aromatic carbocycles. The number of hydrogen-bond donors (Lipinski definition) is 1. The largest absolute Gasteiger partial charge is 0.490 e. The van der Waals surface area contributed by atoms with Crippen molar-refractivity contribution in [3.8, 4) is 11.5 Å². The van der Waals surface area contributed by atoms with Crippen LogP contribution in [0.3, 0.4) is 0 Å². The van der Waals surface area contributed by atoms with Crippen LogP contribution in [0.2, 0.25) is 0 Å². The molecule has 0 aliphatic heterocycles. The van der Waals surface area contributed by atoms with E-state index >= 15 is 0 Å². The topological polar surface area (TPSA) is 30.5 Å². The fourth-order valence-corrected chi connectivity index (χ4v) is 2.78. The van der Waals surface area contributed by atoms with Crippen molar-refractivity contribution in [2.75, 3.05) is 19.8 Å². The van der Waals surface area contributed by atoms with Gasteiger partial charge in [-0.15, -0.1) is 0 Å². The van der Waals surface area contributed by atoms with Gasteiger partial charge in [0.15, 0.2) is 11.5 Å². The summed E-state index contributed by atoms with van der Waals surface area (Å²) in [5.41, 5.74) is 1.39. The van der Waals surface area contributed by atoms with Crippen LogP contribution in [-0.2, 0) is 0 Å². The molecular formula is C18H29NO2. The van der Waals surface area contributed by atoms with Crippen LogP contribution >= 0.6 is 0 Å². The number of hydrogen-bond acceptors (Lipinski definition) is 3. The highest BCUT2D eigenvalue weighted by molar-refractivity contribution is 5.44. The molecule has 0 unspecified atom stereocenters. The quantitative estimate of drug-likeness (QED) is 0.742. The van der Waals surface area contributed by atoms with Gasteiger partial charge in [-0.2, -0.15) is 0 Å². The van der Waals surface area contributed by atoms with Crippen molar-refractivity contribution in [2.45, 2.75) is 58.4 Å². The average Bonchev–Trinajstić information content (AvgIpc) is 2.46. The van der Waals surface area contributed by atoms with Gasteiger partial charge < -0.3 is 14.8 Å². The maximum atomic E-state index is 5.88. The van der Waals surface area contributed by atoms with Gasteiger partial charge >= 0.3 is 0 Å². The predicted molar refractivity (Wildman–Crippen MR) is 87.5 cm³/mol. The van der Waals surface area contributed by atoms with E-state index in [1.165, 1.54) is 18.4 Å². The van der Waals surface area contributed by atoms with E-state index in [9.17, 15) is 0 Å². The molecule has 1 aliphatic carbocycles. The second kappa shape index (κ2) is 8.28. The van der Waals surface area contributed by atoms with Crippen LogP contribution < -0.4 is 14.8 Å². The molecule has 1 aromatic rings. The molecule has 0 saturated heterocycles. The average molecular weight is 291 g/mol. The van der Waals surface area contributed by atoms with E-state index in [4.69, 9.17) is 9.47 Å². The van der Waals surface area contributed by atoms with Crippen LogP contribution in [-0.4, -0.2) is 25.8 Å². The van der Waals surface area contributed by atoms with Gasteiger partial charge in [0.2, 0.25) is 0 Å². The predicted octanol–water partition coefficient (Wildman–Crippen LogP) is 4.12. The third kappa shape index (κ3) is 4.37. The van der Waals surface area contributed by atoms with Crippen molar-refractivity contribution in [2.24, 2.45) is 0 Å². The first kappa shape index (κ1) is 16.2. The molecule has 2 rings (SSSR count). The van der Waals surface area contributed by atoms with Crippen molar-refractivity contribution < 1.29 is 9.47 Å². The summed E-state index contributed by atoms with van der Waals surface area (Å²) in [5.74, 6) is 2.46. The summed E-state index contributed by atoms with van der Waals surface area (Å²) < 4.78 is 11.7. The zero-order chi connectivity index (χ0) is 15.1. The van der Waals surface area contributed by atoms with E-state index in [-0.39, 0.29) is 0 Å². The van der Waals surface area contributed by atoms with Crippen LogP contribution in [0.5, 0.6) is 11.5 Å². The number of ether oxygens (including phenoxy) is 2. The Balaban J connectivity index is 2.02. The lowest BCUT2D eigenvalue weighted by molar-refractivity contribution is 0.265. The van der Waals surface area contributed by atoms with Crippen molar-refractivity contribution in [3.05, 3.63) is 23.8 Å². The van der Waals surface area contributed by atoms with Gasteiger partial charge in [-0.25, -0.2) is 0 Å². The second-order valence-electron chi connectivity index (χ2n) is 5.83. The van der Waals surface area contributed by atoms with Crippen LogP contribution in [0.4, 0.5) is 0 Å². The first-order chi connectivity index (χ1) is 10.3. The van der Waals surface area contributed by atoms with Gasteiger partial charge in [-0.05, 0) is 55.8 Å². The van der Waals surface area contributed by atoms with Gasteiger partial charge in [-0.1, -0.05) is 26.8 Å². The Hall–Kier alpha value is -1.22. The first-order valence-corrected chi connectivity index (χ1v) is 8.41. The van der Waals surface area contributed by atoms with Gasteiger partial charge in [-0.3, -0.25) is 0 Å². The fraction of sp³-hybridized carbons (Fsp3) is 0.667. The summed E-state index contributed by atoms with van der Waals surface area (Å²) in [6.07, 6.45) is 4.50. The molecule has 118 valence electrons. The lowest BCUT2D eigenvalue weighted by atomic mass is 9.76. The molecule has 3 heteroatoms. The van der Waals surface area contributed by atoms with Crippen LogP contribution in [0.15, 0.2) is 18.2 Å².